The molecule has 2 fully saturated rings. The van der Waals surface area contributed by atoms with Gasteiger partial charge in [0.1, 0.15) is 0 Å². The summed E-state index contributed by atoms with van der Waals surface area (Å²) in [4.78, 5) is 0. The molecule has 4 heteroatoms. The van der Waals surface area contributed by atoms with Gasteiger partial charge in [0.25, 0.3) is 0 Å². The van der Waals surface area contributed by atoms with Gasteiger partial charge in [0.15, 0.2) is 0 Å². The molecule has 2 bridgehead atoms. The Balaban J connectivity index is 1.88. The molecule has 2 rings (SSSR count). The van der Waals surface area contributed by atoms with E-state index in [1.165, 1.54) is 0 Å². The quantitative estimate of drug-likeness (QED) is 0.718. The highest BCUT2D eigenvalue weighted by Gasteiger charge is 2.46. The zero-order chi connectivity index (χ0) is 17.2. The van der Waals surface area contributed by atoms with Crippen molar-refractivity contribution >= 4 is 0 Å². The molecule has 0 heterocycles. The summed E-state index contributed by atoms with van der Waals surface area (Å²) in [6, 6.07) is 0.137. The van der Waals surface area contributed by atoms with E-state index in [1.807, 2.05) is 6.92 Å². The Kier molecular flexibility index (Phi) is 6.51. The second kappa shape index (κ2) is 7.81. The van der Waals surface area contributed by atoms with Crippen LogP contribution < -0.4 is 5.73 Å². The summed E-state index contributed by atoms with van der Waals surface area (Å²) in [6.45, 7) is 10.5. The van der Waals surface area contributed by atoms with Crippen molar-refractivity contribution in [1.82, 2.24) is 0 Å². The minimum atomic E-state index is -0.158. The van der Waals surface area contributed by atoms with E-state index in [4.69, 9.17) is 15.2 Å². The first-order chi connectivity index (χ1) is 10.7. The maximum Gasteiger partial charge on any atom is 0.0621 e. The molecule has 136 valence electrons. The smallest absolute Gasteiger partial charge is 0.0621 e. The van der Waals surface area contributed by atoms with E-state index in [0.29, 0.717) is 17.9 Å². The summed E-state index contributed by atoms with van der Waals surface area (Å²) < 4.78 is 12.7. The largest absolute Gasteiger partial charge is 0.393 e. The molecule has 0 saturated heterocycles. The number of rotatable bonds is 8. The van der Waals surface area contributed by atoms with Crippen LogP contribution in [0.5, 0.6) is 0 Å². The summed E-state index contributed by atoms with van der Waals surface area (Å²) in [5, 5.41) is 9.91. The predicted octanol–water partition coefficient (Wildman–Crippen LogP) is 3.25. The third-order valence-corrected chi connectivity index (χ3v) is 5.26. The third-order valence-electron chi connectivity index (χ3n) is 5.26. The zero-order valence-electron chi connectivity index (χ0n) is 15.6. The van der Waals surface area contributed by atoms with Crippen molar-refractivity contribution in [3.8, 4) is 0 Å². The van der Waals surface area contributed by atoms with Gasteiger partial charge < -0.3 is 20.3 Å². The normalized spacial score (nSPS) is 34.6. The average Bonchev–Trinajstić information content (AvgIpc) is 2.93. The van der Waals surface area contributed by atoms with Crippen molar-refractivity contribution in [2.24, 2.45) is 17.6 Å². The maximum absolute atomic E-state index is 9.91. The minimum Gasteiger partial charge on any atom is -0.393 e. The van der Waals surface area contributed by atoms with E-state index < -0.39 is 0 Å². The van der Waals surface area contributed by atoms with Crippen LogP contribution >= 0.6 is 0 Å². The van der Waals surface area contributed by atoms with Crippen molar-refractivity contribution in [3.05, 3.63) is 0 Å². The molecule has 7 unspecified atom stereocenters. The highest BCUT2D eigenvalue weighted by Crippen LogP contribution is 2.46. The first-order valence-electron chi connectivity index (χ1n) is 9.44. The van der Waals surface area contributed by atoms with Crippen LogP contribution in [0.4, 0.5) is 0 Å². The van der Waals surface area contributed by atoms with Crippen molar-refractivity contribution < 1.29 is 14.6 Å². The van der Waals surface area contributed by atoms with Crippen LogP contribution in [-0.4, -0.2) is 41.2 Å². The van der Waals surface area contributed by atoms with Crippen LogP contribution in [0.3, 0.4) is 0 Å². The number of nitrogens with two attached hydrogens (primary N) is 1. The number of hydrogen-bond donors (Lipinski definition) is 2. The summed E-state index contributed by atoms with van der Waals surface area (Å²) in [5.41, 5.74) is 5.85. The fourth-order valence-corrected chi connectivity index (χ4v) is 4.33. The monoisotopic (exact) mass is 327 g/mol. The number of fused-ring (bicyclic) bond motifs is 2. The second-order valence-electron chi connectivity index (χ2n) is 8.80. The first kappa shape index (κ1) is 19.2. The third kappa shape index (κ3) is 5.70. The molecule has 0 amide bonds. The molecule has 0 radical (unpaired) electrons. The van der Waals surface area contributed by atoms with Crippen molar-refractivity contribution in [3.63, 3.8) is 0 Å². The SMILES string of the molecule is CCC(CC(CC(C)N)OC(C)(C)C)OC1CC2CC1CC2O. The Morgan fingerprint density at radius 1 is 1.09 bits per heavy atom. The molecule has 23 heavy (non-hydrogen) atoms. The molecule has 0 aromatic heterocycles. The molecular formula is C19H37NO3. The minimum absolute atomic E-state index is 0.0880. The predicted molar refractivity (Wildman–Crippen MR) is 93.3 cm³/mol. The van der Waals surface area contributed by atoms with E-state index in [0.717, 1.165) is 38.5 Å². The second-order valence-corrected chi connectivity index (χ2v) is 8.80. The van der Waals surface area contributed by atoms with Crippen molar-refractivity contribution in [2.45, 2.75) is 109 Å². The van der Waals surface area contributed by atoms with Gasteiger partial charge in [-0.3, -0.25) is 0 Å². The number of ether oxygens (including phenoxy) is 2. The number of hydrogen-bond acceptors (Lipinski definition) is 4. The van der Waals surface area contributed by atoms with Gasteiger partial charge in [-0.1, -0.05) is 6.92 Å². The Morgan fingerprint density at radius 2 is 1.78 bits per heavy atom. The van der Waals surface area contributed by atoms with Gasteiger partial charge in [-0.15, -0.1) is 0 Å². The molecule has 2 aliphatic carbocycles. The maximum atomic E-state index is 9.91. The van der Waals surface area contributed by atoms with Gasteiger partial charge in [-0.2, -0.15) is 0 Å². The lowest BCUT2D eigenvalue weighted by molar-refractivity contribution is -0.110. The topological polar surface area (TPSA) is 64.7 Å². The summed E-state index contributed by atoms with van der Waals surface area (Å²) >= 11 is 0. The van der Waals surface area contributed by atoms with E-state index >= 15 is 0 Å². The number of aliphatic hydroxyl groups excluding tert-OH is 1. The van der Waals surface area contributed by atoms with Crippen molar-refractivity contribution in [1.29, 1.82) is 0 Å². The van der Waals surface area contributed by atoms with Crippen LogP contribution in [0.25, 0.3) is 0 Å². The van der Waals surface area contributed by atoms with Crippen LogP contribution in [0.1, 0.15) is 73.1 Å². The van der Waals surface area contributed by atoms with Gasteiger partial charge >= 0.3 is 0 Å². The molecule has 0 aliphatic heterocycles. The molecule has 4 nitrogen and oxygen atoms in total. The van der Waals surface area contributed by atoms with Gasteiger partial charge in [-0.25, -0.2) is 0 Å². The van der Waals surface area contributed by atoms with E-state index in [1.54, 1.807) is 0 Å². The summed E-state index contributed by atoms with van der Waals surface area (Å²) in [5.74, 6) is 1.02. The lowest BCUT2D eigenvalue weighted by Gasteiger charge is -2.34. The van der Waals surface area contributed by atoms with E-state index in [-0.39, 0.29) is 30.0 Å². The lowest BCUT2D eigenvalue weighted by atomic mass is 9.94. The highest BCUT2D eigenvalue weighted by atomic mass is 16.5. The van der Waals surface area contributed by atoms with Gasteiger partial charge in [0.2, 0.25) is 0 Å². The first-order valence-corrected chi connectivity index (χ1v) is 9.44. The molecule has 2 aliphatic rings. The average molecular weight is 328 g/mol. The van der Waals surface area contributed by atoms with Crippen LogP contribution in [0.15, 0.2) is 0 Å². The summed E-state index contributed by atoms with van der Waals surface area (Å²) in [6.07, 6.45) is 6.48. The molecule has 0 spiro atoms. The van der Waals surface area contributed by atoms with Crippen LogP contribution in [0.2, 0.25) is 0 Å². The molecule has 0 aromatic carbocycles. The fraction of sp³-hybridized carbons (Fsp3) is 1.00. The Labute approximate surface area is 142 Å². The summed E-state index contributed by atoms with van der Waals surface area (Å²) in [7, 11) is 0. The van der Waals surface area contributed by atoms with E-state index in [2.05, 4.69) is 27.7 Å². The molecule has 7 atom stereocenters. The Morgan fingerprint density at radius 3 is 2.22 bits per heavy atom. The molecule has 3 N–H and O–H groups in total. The standard InChI is InChI=1S/C19H37NO3/c1-6-15(11-16(7-12(2)20)23-19(3,4)5)22-18-10-13-8-14(18)9-17(13)21/h12-18,21H,6-11,20H2,1-5H3. The zero-order valence-corrected chi connectivity index (χ0v) is 15.6. The fourth-order valence-electron chi connectivity index (χ4n) is 4.33. The number of aliphatic hydroxyl groups is 1. The highest BCUT2D eigenvalue weighted by molar-refractivity contribution is 4.96. The van der Waals surface area contributed by atoms with Gasteiger partial charge in [0.05, 0.1) is 30.0 Å². The van der Waals surface area contributed by atoms with Crippen LogP contribution in [0, 0.1) is 11.8 Å². The molecular weight excluding hydrogens is 290 g/mol. The van der Waals surface area contributed by atoms with E-state index in [9.17, 15) is 5.11 Å². The Bertz CT molecular complexity index is 364. The van der Waals surface area contributed by atoms with Gasteiger partial charge in [0, 0.05) is 6.04 Å². The lowest BCUT2D eigenvalue weighted by Crippen LogP contribution is -2.37. The van der Waals surface area contributed by atoms with Gasteiger partial charge in [-0.05, 0) is 78.1 Å². The molecule has 0 aromatic rings. The van der Waals surface area contributed by atoms with Crippen LogP contribution in [-0.2, 0) is 9.47 Å². The Hall–Kier alpha value is -0.160. The molecule has 2 saturated carbocycles. The van der Waals surface area contributed by atoms with Crippen molar-refractivity contribution in [2.75, 3.05) is 0 Å².